The molecule has 0 radical (unpaired) electrons. The van der Waals surface area contributed by atoms with Gasteiger partial charge in [-0.05, 0) is 12.3 Å². The van der Waals surface area contributed by atoms with Crippen LogP contribution in [0, 0.1) is 5.92 Å². The molecule has 98 valence electrons. The Bertz CT molecular complexity index is 465. The number of nitrogens with zero attached hydrogens (tertiary/aromatic N) is 2. The van der Waals surface area contributed by atoms with Crippen LogP contribution in [0.1, 0.15) is 39.4 Å². The number of imidazole rings is 1. The first-order valence-electron chi connectivity index (χ1n) is 5.97. The van der Waals surface area contributed by atoms with Crippen molar-refractivity contribution in [2.24, 2.45) is 11.1 Å². The number of primary sulfonamides is 1. The van der Waals surface area contributed by atoms with Crippen LogP contribution in [0.25, 0.3) is 0 Å². The maximum absolute atomic E-state index is 11.2. The van der Waals surface area contributed by atoms with Crippen molar-refractivity contribution in [1.82, 2.24) is 9.55 Å². The molecular weight excluding hydrogens is 238 g/mol. The average Bonchev–Trinajstić information content (AvgIpc) is 2.60. The van der Waals surface area contributed by atoms with Crippen LogP contribution < -0.4 is 5.14 Å². The zero-order chi connectivity index (χ0) is 13.1. The third-order valence-electron chi connectivity index (χ3n) is 2.73. The fraction of sp³-hybridized carbons (Fsp3) is 0.727. The zero-order valence-electron chi connectivity index (χ0n) is 10.7. The predicted molar refractivity (Wildman–Crippen MR) is 67.1 cm³/mol. The molecule has 0 saturated heterocycles. The maximum atomic E-state index is 11.2. The molecule has 0 aliphatic carbocycles. The van der Waals surface area contributed by atoms with E-state index in [1.165, 1.54) is 0 Å². The summed E-state index contributed by atoms with van der Waals surface area (Å²) in [6.45, 7) is 7.04. The quantitative estimate of drug-likeness (QED) is 0.841. The number of aryl methyl sites for hydroxylation is 1. The molecular formula is C11H21N3O2S. The lowest BCUT2D eigenvalue weighted by molar-refractivity contribution is 0.437. The van der Waals surface area contributed by atoms with Crippen molar-refractivity contribution in [3.8, 4) is 0 Å². The van der Waals surface area contributed by atoms with Crippen molar-refractivity contribution in [1.29, 1.82) is 0 Å². The standard InChI is InChI=1S/C11H21N3O2S/c1-4-6-9(3)7-14-8-11(17(12,15)16)13-10(14)5-2/h8-9H,4-7H2,1-3H3,(H2,12,15,16). The van der Waals surface area contributed by atoms with E-state index < -0.39 is 10.0 Å². The van der Waals surface area contributed by atoms with Crippen LogP contribution in [0.15, 0.2) is 11.2 Å². The van der Waals surface area contributed by atoms with E-state index in [9.17, 15) is 8.42 Å². The summed E-state index contributed by atoms with van der Waals surface area (Å²) in [7, 11) is -3.69. The molecule has 0 fully saturated rings. The normalized spacial score (nSPS) is 13.9. The third kappa shape index (κ3) is 3.81. The van der Waals surface area contributed by atoms with Gasteiger partial charge >= 0.3 is 0 Å². The van der Waals surface area contributed by atoms with Crippen LogP contribution in [0.3, 0.4) is 0 Å². The van der Waals surface area contributed by atoms with Crippen molar-refractivity contribution in [3.63, 3.8) is 0 Å². The fourth-order valence-electron chi connectivity index (χ4n) is 1.93. The molecule has 2 N–H and O–H groups in total. The smallest absolute Gasteiger partial charge is 0.257 e. The summed E-state index contributed by atoms with van der Waals surface area (Å²) in [6, 6.07) is 0. The average molecular weight is 259 g/mol. The maximum Gasteiger partial charge on any atom is 0.257 e. The number of aromatic nitrogens is 2. The van der Waals surface area contributed by atoms with E-state index in [2.05, 4.69) is 18.8 Å². The van der Waals surface area contributed by atoms with Gasteiger partial charge in [0.05, 0.1) is 0 Å². The summed E-state index contributed by atoms with van der Waals surface area (Å²) < 4.78 is 24.4. The Hall–Kier alpha value is -0.880. The lowest BCUT2D eigenvalue weighted by atomic mass is 10.1. The highest BCUT2D eigenvalue weighted by molar-refractivity contribution is 7.89. The lowest BCUT2D eigenvalue weighted by Crippen LogP contribution is -2.12. The van der Waals surface area contributed by atoms with Crippen LogP contribution in [0.5, 0.6) is 0 Å². The molecule has 1 heterocycles. The molecule has 0 amide bonds. The highest BCUT2D eigenvalue weighted by Gasteiger charge is 2.16. The van der Waals surface area contributed by atoms with Crippen LogP contribution in [0.2, 0.25) is 0 Å². The van der Waals surface area contributed by atoms with Crippen molar-refractivity contribution >= 4 is 10.0 Å². The molecule has 1 rings (SSSR count). The molecule has 1 aromatic rings. The first kappa shape index (κ1) is 14.2. The fourth-order valence-corrected chi connectivity index (χ4v) is 2.43. The summed E-state index contributed by atoms with van der Waals surface area (Å²) in [6.07, 6.45) is 4.49. The SMILES string of the molecule is CCCC(C)Cn1cc(S(N)(=O)=O)nc1CC. The lowest BCUT2D eigenvalue weighted by Gasteiger charge is -2.12. The summed E-state index contributed by atoms with van der Waals surface area (Å²) >= 11 is 0. The summed E-state index contributed by atoms with van der Waals surface area (Å²) in [4.78, 5) is 4.06. The van der Waals surface area contributed by atoms with Gasteiger partial charge in [-0.2, -0.15) is 0 Å². The van der Waals surface area contributed by atoms with Crippen LogP contribution in [-0.2, 0) is 23.0 Å². The second-order valence-corrected chi connectivity index (χ2v) is 5.95. The molecule has 0 bridgehead atoms. The molecule has 6 heteroatoms. The minimum Gasteiger partial charge on any atom is -0.333 e. The minimum atomic E-state index is -3.69. The molecule has 17 heavy (non-hydrogen) atoms. The van der Waals surface area contributed by atoms with Crippen molar-refractivity contribution < 1.29 is 8.42 Å². The largest absolute Gasteiger partial charge is 0.333 e. The number of sulfonamides is 1. The third-order valence-corrected chi connectivity index (χ3v) is 3.51. The Morgan fingerprint density at radius 1 is 1.47 bits per heavy atom. The van der Waals surface area contributed by atoms with E-state index in [-0.39, 0.29) is 5.03 Å². The number of hydrogen-bond acceptors (Lipinski definition) is 3. The van der Waals surface area contributed by atoms with E-state index in [1.54, 1.807) is 6.20 Å². The summed E-state index contributed by atoms with van der Waals surface area (Å²) in [5.74, 6) is 1.28. The van der Waals surface area contributed by atoms with Gasteiger partial charge in [-0.25, -0.2) is 18.5 Å². The monoisotopic (exact) mass is 259 g/mol. The van der Waals surface area contributed by atoms with E-state index in [0.717, 1.165) is 25.2 Å². The summed E-state index contributed by atoms with van der Waals surface area (Å²) in [5.41, 5.74) is 0. The highest BCUT2D eigenvalue weighted by atomic mass is 32.2. The van der Waals surface area contributed by atoms with Crippen molar-refractivity contribution in [2.75, 3.05) is 0 Å². The molecule has 0 saturated carbocycles. The second kappa shape index (κ2) is 5.64. The van der Waals surface area contributed by atoms with Gasteiger partial charge in [0.15, 0.2) is 5.03 Å². The van der Waals surface area contributed by atoms with Gasteiger partial charge in [0, 0.05) is 19.2 Å². The van der Waals surface area contributed by atoms with Crippen LogP contribution >= 0.6 is 0 Å². The van der Waals surface area contributed by atoms with E-state index >= 15 is 0 Å². The van der Waals surface area contributed by atoms with Gasteiger partial charge in [0.1, 0.15) is 5.82 Å². The van der Waals surface area contributed by atoms with Gasteiger partial charge in [-0.15, -0.1) is 0 Å². The molecule has 1 unspecified atom stereocenters. The molecule has 1 atom stereocenters. The molecule has 0 aliphatic heterocycles. The minimum absolute atomic E-state index is 0.0296. The van der Waals surface area contributed by atoms with Crippen molar-refractivity contribution in [2.45, 2.75) is 51.6 Å². The zero-order valence-corrected chi connectivity index (χ0v) is 11.5. The Morgan fingerprint density at radius 2 is 2.12 bits per heavy atom. The Labute approximate surface area is 103 Å². The van der Waals surface area contributed by atoms with Crippen molar-refractivity contribution in [3.05, 3.63) is 12.0 Å². The molecule has 0 aliphatic rings. The van der Waals surface area contributed by atoms with E-state index in [0.29, 0.717) is 12.3 Å². The van der Waals surface area contributed by atoms with Gasteiger partial charge in [0.2, 0.25) is 0 Å². The molecule has 0 spiro atoms. The summed E-state index contributed by atoms with van der Waals surface area (Å²) in [5, 5.41) is 5.05. The first-order valence-corrected chi connectivity index (χ1v) is 7.52. The van der Waals surface area contributed by atoms with Gasteiger partial charge in [0.25, 0.3) is 10.0 Å². The second-order valence-electron chi connectivity index (χ2n) is 4.44. The number of nitrogens with two attached hydrogens (primary N) is 1. The molecule has 1 aromatic heterocycles. The number of hydrogen-bond donors (Lipinski definition) is 1. The van der Waals surface area contributed by atoms with Crippen LogP contribution in [-0.4, -0.2) is 18.0 Å². The van der Waals surface area contributed by atoms with E-state index in [4.69, 9.17) is 5.14 Å². The molecule has 0 aromatic carbocycles. The van der Waals surface area contributed by atoms with Gasteiger partial charge < -0.3 is 4.57 Å². The Morgan fingerprint density at radius 3 is 2.59 bits per heavy atom. The molecule has 5 nitrogen and oxygen atoms in total. The van der Waals surface area contributed by atoms with E-state index in [1.807, 2.05) is 11.5 Å². The number of rotatable bonds is 6. The van der Waals surface area contributed by atoms with Crippen LogP contribution in [0.4, 0.5) is 0 Å². The predicted octanol–water partition coefficient (Wildman–Crippen LogP) is 1.53. The first-order chi connectivity index (χ1) is 7.88. The van der Waals surface area contributed by atoms with Gasteiger partial charge in [-0.1, -0.05) is 27.2 Å². The highest BCUT2D eigenvalue weighted by Crippen LogP contribution is 2.14. The Balaban J connectivity index is 2.95. The van der Waals surface area contributed by atoms with Gasteiger partial charge in [-0.3, -0.25) is 0 Å². The topological polar surface area (TPSA) is 78.0 Å². The Kier molecular flexibility index (Phi) is 4.70.